The Morgan fingerprint density at radius 1 is 1.18 bits per heavy atom. The molecule has 0 saturated heterocycles. The Kier molecular flexibility index (Phi) is 3.87. The van der Waals surface area contributed by atoms with E-state index in [1.165, 1.54) is 15.3 Å². The Balaban J connectivity index is 2.38. The molecule has 90 valence electrons. The Bertz CT molecular complexity index is 519. The Morgan fingerprint density at radius 3 is 2.47 bits per heavy atom. The number of thiophene rings is 1. The van der Waals surface area contributed by atoms with E-state index in [0.717, 1.165) is 10.6 Å². The quantitative estimate of drug-likeness (QED) is 0.871. The molecular weight excluding hydrogens is 250 g/mol. The first kappa shape index (κ1) is 12.6. The molecule has 17 heavy (non-hydrogen) atoms. The van der Waals surface area contributed by atoms with Crippen LogP contribution in [0.3, 0.4) is 0 Å². The van der Waals surface area contributed by atoms with Gasteiger partial charge in [0.1, 0.15) is 0 Å². The fraction of sp³-hybridized carbons (Fsp3) is 0.286. The van der Waals surface area contributed by atoms with E-state index in [0.29, 0.717) is 0 Å². The number of aryl methyl sites for hydroxylation is 2. The van der Waals surface area contributed by atoms with Gasteiger partial charge in [-0.3, -0.25) is 0 Å². The molecule has 1 heterocycles. The van der Waals surface area contributed by atoms with Crippen LogP contribution in [0.1, 0.15) is 26.9 Å². The molecule has 0 bridgehead atoms. The number of hydrogen-bond acceptors (Lipinski definition) is 2. The van der Waals surface area contributed by atoms with Crippen LogP contribution >= 0.6 is 22.9 Å². The zero-order valence-corrected chi connectivity index (χ0v) is 11.8. The highest BCUT2D eigenvalue weighted by Crippen LogP contribution is 2.30. The van der Waals surface area contributed by atoms with Crippen LogP contribution in [0.5, 0.6) is 0 Å². The monoisotopic (exact) mass is 265 g/mol. The molecule has 0 saturated carbocycles. The number of benzene rings is 1. The zero-order chi connectivity index (χ0) is 12.4. The fourth-order valence-corrected chi connectivity index (χ4v) is 3.08. The van der Waals surface area contributed by atoms with Crippen LogP contribution in [0.15, 0.2) is 30.3 Å². The maximum Gasteiger partial charge on any atom is 0.0669 e. The minimum Gasteiger partial charge on any atom is -0.309 e. The third-order valence-corrected chi connectivity index (χ3v) is 4.34. The highest BCUT2D eigenvalue weighted by atomic mass is 35.5. The maximum atomic E-state index is 6.18. The smallest absolute Gasteiger partial charge is 0.0669 e. The first-order valence-electron chi connectivity index (χ1n) is 5.61. The van der Waals surface area contributed by atoms with Gasteiger partial charge < -0.3 is 5.32 Å². The van der Waals surface area contributed by atoms with Crippen molar-refractivity contribution >= 4 is 22.9 Å². The van der Waals surface area contributed by atoms with Crippen molar-refractivity contribution in [2.45, 2.75) is 19.9 Å². The third-order valence-electron chi connectivity index (χ3n) is 2.86. The van der Waals surface area contributed by atoms with Gasteiger partial charge in [-0.2, -0.15) is 0 Å². The van der Waals surface area contributed by atoms with Crippen LogP contribution in [0.2, 0.25) is 5.02 Å². The van der Waals surface area contributed by atoms with E-state index >= 15 is 0 Å². The maximum absolute atomic E-state index is 6.18. The molecule has 1 N–H and O–H groups in total. The van der Waals surface area contributed by atoms with Crippen molar-refractivity contribution in [1.82, 2.24) is 5.32 Å². The Morgan fingerprint density at radius 2 is 1.94 bits per heavy atom. The molecule has 0 fully saturated rings. The second-order valence-electron chi connectivity index (χ2n) is 4.18. The van der Waals surface area contributed by atoms with E-state index in [2.05, 4.69) is 36.5 Å². The van der Waals surface area contributed by atoms with E-state index in [-0.39, 0.29) is 6.04 Å². The van der Waals surface area contributed by atoms with Gasteiger partial charge in [0.15, 0.2) is 0 Å². The molecule has 0 aliphatic rings. The minimum atomic E-state index is 0.229. The highest BCUT2D eigenvalue weighted by molar-refractivity contribution is 7.12. The number of rotatable bonds is 3. The first-order chi connectivity index (χ1) is 8.11. The molecule has 1 nitrogen and oxygen atoms in total. The zero-order valence-electron chi connectivity index (χ0n) is 10.3. The van der Waals surface area contributed by atoms with Gasteiger partial charge in [-0.05, 0) is 50.2 Å². The van der Waals surface area contributed by atoms with E-state index in [9.17, 15) is 0 Å². The molecule has 0 aliphatic heterocycles. The Labute approximate surface area is 111 Å². The average Bonchev–Trinajstić information content (AvgIpc) is 2.71. The molecular formula is C14H16ClNS. The van der Waals surface area contributed by atoms with Gasteiger partial charge in [-0.15, -0.1) is 11.3 Å². The lowest BCUT2D eigenvalue weighted by Crippen LogP contribution is -2.16. The van der Waals surface area contributed by atoms with E-state index in [1.807, 2.05) is 31.4 Å². The summed E-state index contributed by atoms with van der Waals surface area (Å²) < 4.78 is 0. The van der Waals surface area contributed by atoms with Crippen molar-refractivity contribution in [2.24, 2.45) is 0 Å². The summed E-state index contributed by atoms with van der Waals surface area (Å²) in [5, 5.41) is 4.18. The Hall–Kier alpha value is -0.830. The summed E-state index contributed by atoms with van der Waals surface area (Å²) in [6.45, 7) is 4.15. The van der Waals surface area contributed by atoms with Gasteiger partial charge >= 0.3 is 0 Å². The van der Waals surface area contributed by atoms with E-state index in [4.69, 9.17) is 11.6 Å². The summed E-state index contributed by atoms with van der Waals surface area (Å²) in [7, 11) is 1.98. The second-order valence-corrected chi connectivity index (χ2v) is 5.91. The van der Waals surface area contributed by atoms with Crippen molar-refractivity contribution in [3.63, 3.8) is 0 Å². The molecule has 0 radical (unpaired) electrons. The SMILES string of the molecule is CNC(c1ccc(C)c(Cl)c1)c1ccc(C)s1. The fourth-order valence-electron chi connectivity index (χ4n) is 1.87. The molecule has 3 heteroatoms. The number of hydrogen-bond donors (Lipinski definition) is 1. The van der Waals surface area contributed by atoms with Crippen LogP contribution in [-0.4, -0.2) is 7.05 Å². The highest BCUT2D eigenvalue weighted by Gasteiger charge is 2.14. The second kappa shape index (κ2) is 5.21. The molecule has 2 aromatic rings. The van der Waals surface area contributed by atoms with Gasteiger partial charge in [0.25, 0.3) is 0 Å². The average molecular weight is 266 g/mol. The third kappa shape index (κ3) is 2.71. The first-order valence-corrected chi connectivity index (χ1v) is 6.81. The van der Waals surface area contributed by atoms with Crippen LogP contribution in [0.25, 0.3) is 0 Å². The van der Waals surface area contributed by atoms with Crippen molar-refractivity contribution in [2.75, 3.05) is 7.05 Å². The normalized spacial score (nSPS) is 12.7. The van der Waals surface area contributed by atoms with Gasteiger partial charge in [0.05, 0.1) is 6.04 Å². The van der Waals surface area contributed by atoms with Crippen LogP contribution in [0, 0.1) is 13.8 Å². The molecule has 1 unspecified atom stereocenters. The molecule has 2 rings (SSSR count). The summed E-state index contributed by atoms with van der Waals surface area (Å²) in [4.78, 5) is 2.66. The van der Waals surface area contributed by atoms with Crippen molar-refractivity contribution < 1.29 is 0 Å². The van der Waals surface area contributed by atoms with Crippen molar-refractivity contribution in [3.05, 3.63) is 56.2 Å². The molecule has 0 aliphatic carbocycles. The summed E-state index contributed by atoms with van der Waals surface area (Å²) >= 11 is 8.00. The van der Waals surface area contributed by atoms with E-state index in [1.54, 1.807) is 0 Å². The van der Waals surface area contributed by atoms with Crippen molar-refractivity contribution in [3.8, 4) is 0 Å². The predicted molar refractivity (Wildman–Crippen MR) is 76.1 cm³/mol. The summed E-state index contributed by atoms with van der Waals surface area (Å²) in [6.07, 6.45) is 0. The van der Waals surface area contributed by atoms with Crippen LogP contribution < -0.4 is 5.32 Å². The van der Waals surface area contributed by atoms with Gasteiger partial charge in [-0.1, -0.05) is 23.7 Å². The number of halogens is 1. The van der Waals surface area contributed by atoms with E-state index < -0.39 is 0 Å². The number of nitrogens with one attached hydrogen (secondary N) is 1. The lowest BCUT2D eigenvalue weighted by Gasteiger charge is -2.16. The minimum absolute atomic E-state index is 0.229. The lowest BCUT2D eigenvalue weighted by molar-refractivity contribution is 0.704. The van der Waals surface area contributed by atoms with Crippen LogP contribution in [0.4, 0.5) is 0 Å². The largest absolute Gasteiger partial charge is 0.309 e. The molecule has 1 aromatic heterocycles. The topological polar surface area (TPSA) is 12.0 Å². The molecule has 1 atom stereocenters. The summed E-state index contributed by atoms with van der Waals surface area (Å²) in [6, 6.07) is 10.8. The molecule has 1 aromatic carbocycles. The van der Waals surface area contributed by atoms with Gasteiger partial charge in [0, 0.05) is 14.8 Å². The predicted octanol–water partition coefficient (Wildman–Crippen LogP) is 4.33. The van der Waals surface area contributed by atoms with Crippen LogP contribution in [-0.2, 0) is 0 Å². The summed E-state index contributed by atoms with van der Waals surface area (Å²) in [5.41, 5.74) is 2.33. The van der Waals surface area contributed by atoms with Crippen molar-refractivity contribution in [1.29, 1.82) is 0 Å². The molecule has 0 spiro atoms. The molecule has 0 amide bonds. The van der Waals surface area contributed by atoms with Gasteiger partial charge in [0.2, 0.25) is 0 Å². The standard InChI is InChI=1S/C14H16ClNS/c1-9-4-6-11(8-12(9)15)14(16-3)13-7-5-10(2)17-13/h4-8,14,16H,1-3H3. The lowest BCUT2D eigenvalue weighted by atomic mass is 10.0. The van der Waals surface area contributed by atoms with Gasteiger partial charge in [-0.25, -0.2) is 0 Å². The summed E-state index contributed by atoms with van der Waals surface area (Å²) in [5.74, 6) is 0.